The van der Waals surface area contributed by atoms with E-state index in [4.69, 9.17) is 4.74 Å². The van der Waals surface area contributed by atoms with Gasteiger partial charge in [-0.15, -0.1) is 0 Å². The highest BCUT2D eigenvalue weighted by Gasteiger charge is 2.23. The van der Waals surface area contributed by atoms with Crippen molar-refractivity contribution in [2.75, 3.05) is 14.2 Å². The van der Waals surface area contributed by atoms with E-state index in [2.05, 4.69) is 9.72 Å². The lowest BCUT2D eigenvalue weighted by Gasteiger charge is -2.14. The van der Waals surface area contributed by atoms with Crippen LogP contribution in [0.1, 0.15) is 23.2 Å². The molecule has 0 amide bonds. The molecule has 1 aromatic heterocycles. The van der Waals surface area contributed by atoms with Crippen molar-refractivity contribution in [1.29, 1.82) is 0 Å². The molecule has 0 fully saturated rings. The molecule has 0 bridgehead atoms. The fourth-order valence-electron chi connectivity index (χ4n) is 1.49. The third-order valence-electron chi connectivity index (χ3n) is 2.29. The zero-order chi connectivity index (χ0) is 13.0. The van der Waals surface area contributed by atoms with Gasteiger partial charge in [-0.2, -0.15) is 0 Å². The maximum atomic E-state index is 12.9. The molecule has 1 aromatic rings. The lowest BCUT2D eigenvalue weighted by molar-refractivity contribution is -0.139. The predicted octanol–water partition coefficient (Wildman–Crippen LogP) is 2.05. The summed E-state index contributed by atoms with van der Waals surface area (Å²) in [6.45, 7) is 1.61. The molecule has 17 heavy (non-hydrogen) atoms. The van der Waals surface area contributed by atoms with Gasteiger partial charge in [0.15, 0.2) is 0 Å². The maximum absolute atomic E-state index is 12.9. The molecule has 0 N–H and O–H groups in total. The predicted molar refractivity (Wildman–Crippen MR) is 56.2 cm³/mol. The molecular formula is C11H13F2NO3. The molecule has 1 heterocycles. The molecule has 6 heteroatoms. The van der Waals surface area contributed by atoms with Gasteiger partial charge in [-0.3, -0.25) is 9.78 Å². The number of alkyl halides is 2. The molecule has 0 aromatic carbocycles. The molecule has 0 saturated heterocycles. The molecule has 0 unspecified atom stereocenters. The number of ether oxygens (including phenoxy) is 2. The van der Waals surface area contributed by atoms with Gasteiger partial charge in [0.2, 0.25) is 0 Å². The third-order valence-corrected chi connectivity index (χ3v) is 2.29. The van der Waals surface area contributed by atoms with Gasteiger partial charge in [-0.05, 0) is 6.92 Å². The Kier molecular flexibility index (Phi) is 4.37. The molecule has 0 aliphatic heterocycles. The average molecular weight is 245 g/mol. The Morgan fingerprint density at radius 1 is 1.47 bits per heavy atom. The maximum Gasteiger partial charge on any atom is 0.311 e. The number of hydrogen-bond acceptors (Lipinski definition) is 4. The first-order chi connectivity index (χ1) is 8.01. The fourth-order valence-corrected chi connectivity index (χ4v) is 1.49. The quantitative estimate of drug-likeness (QED) is 0.762. The van der Waals surface area contributed by atoms with Crippen LogP contribution < -0.4 is 4.74 Å². The van der Waals surface area contributed by atoms with Crippen LogP contribution in [0, 0.1) is 6.92 Å². The Morgan fingerprint density at radius 2 is 2.12 bits per heavy atom. The Labute approximate surface area is 97.6 Å². The Hall–Kier alpha value is -1.72. The van der Waals surface area contributed by atoms with E-state index < -0.39 is 12.4 Å². The standard InChI is InChI=1S/C11H13F2NO3/c1-6-5-14-7(4-8(15)16-2)9(11(12)13)10(6)17-3/h5,11H,4H2,1-3H3. The summed E-state index contributed by atoms with van der Waals surface area (Å²) in [5.41, 5.74) is 0.128. The van der Waals surface area contributed by atoms with E-state index in [9.17, 15) is 13.6 Å². The van der Waals surface area contributed by atoms with E-state index in [1.54, 1.807) is 6.92 Å². The Bertz CT molecular complexity index is 421. The largest absolute Gasteiger partial charge is 0.496 e. The van der Waals surface area contributed by atoms with Crippen molar-refractivity contribution in [3.63, 3.8) is 0 Å². The number of carbonyl (C=O) groups is 1. The van der Waals surface area contributed by atoms with Crippen LogP contribution in [-0.2, 0) is 16.0 Å². The fraction of sp³-hybridized carbons (Fsp3) is 0.455. The first-order valence-corrected chi connectivity index (χ1v) is 4.88. The number of halogens is 2. The molecule has 0 atom stereocenters. The zero-order valence-corrected chi connectivity index (χ0v) is 9.79. The minimum atomic E-state index is -2.75. The van der Waals surface area contributed by atoms with Gasteiger partial charge in [-0.1, -0.05) is 0 Å². The summed E-state index contributed by atoms with van der Waals surface area (Å²) < 4.78 is 35.2. The van der Waals surface area contributed by atoms with Crippen LogP contribution in [0.3, 0.4) is 0 Å². The molecule has 0 aliphatic carbocycles. The molecule has 0 spiro atoms. The summed E-state index contributed by atoms with van der Waals surface area (Å²) in [7, 11) is 2.49. The van der Waals surface area contributed by atoms with E-state index in [1.807, 2.05) is 0 Å². The van der Waals surface area contributed by atoms with Gasteiger partial charge < -0.3 is 9.47 Å². The molecule has 0 saturated carbocycles. The van der Waals surface area contributed by atoms with Gasteiger partial charge in [-0.25, -0.2) is 8.78 Å². The second-order valence-electron chi connectivity index (χ2n) is 3.39. The van der Waals surface area contributed by atoms with Crippen LogP contribution in [-0.4, -0.2) is 25.2 Å². The van der Waals surface area contributed by atoms with Crippen molar-refractivity contribution >= 4 is 5.97 Å². The minimum absolute atomic E-state index is 0.0192. The van der Waals surface area contributed by atoms with Crippen LogP contribution in [0.5, 0.6) is 5.75 Å². The Balaban J connectivity index is 3.25. The number of aromatic nitrogens is 1. The lowest BCUT2D eigenvalue weighted by Crippen LogP contribution is -2.11. The minimum Gasteiger partial charge on any atom is -0.496 e. The molecule has 94 valence electrons. The lowest BCUT2D eigenvalue weighted by atomic mass is 10.1. The summed E-state index contributed by atoms with van der Waals surface area (Å²) in [4.78, 5) is 14.9. The first-order valence-electron chi connectivity index (χ1n) is 4.88. The second kappa shape index (κ2) is 5.56. The van der Waals surface area contributed by atoms with Crippen molar-refractivity contribution in [1.82, 2.24) is 4.98 Å². The van der Waals surface area contributed by atoms with Crippen LogP contribution >= 0.6 is 0 Å². The topological polar surface area (TPSA) is 48.4 Å². The summed E-state index contributed by atoms with van der Waals surface area (Å²) in [5.74, 6) is -0.556. The molecule has 4 nitrogen and oxygen atoms in total. The van der Waals surface area contributed by atoms with Gasteiger partial charge in [0.25, 0.3) is 6.43 Å². The highest BCUT2D eigenvalue weighted by molar-refractivity contribution is 5.72. The highest BCUT2D eigenvalue weighted by atomic mass is 19.3. The number of carbonyl (C=O) groups excluding carboxylic acids is 1. The monoisotopic (exact) mass is 245 g/mol. The number of aryl methyl sites for hydroxylation is 1. The normalized spacial score (nSPS) is 10.5. The van der Waals surface area contributed by atoms with Gasteiger partial charge in [0.05, 0.1) is 31.9 Å². The van der Waals surface area contributed by atoms with Gasteiger partial charge in [0, 0.05) is 11.8 Å². The second-order valence-corrected chi connectivity index (χ2v) is 3.39. The van der Waals surface area contributed by atoms with E-state index in [1.165, 1.54) is 20.4 Å². The van der Waals surface area contributed by atoms with Crippen molar-refractivity contribution in [3.8, 4) is 5.75 Å². The van der Waals surface area contributed by atoms with Crippen molar-refractivity contribution < 1.29 is 23.0 Å². The molecule has 0 aliphatic rings. The van der Waals surface area contributed by atoms with Crippen molar-refractivity contribution in [2.45, 2.75) is 19.8 Å². The number of methoxy groups -OCH3 is 2. The van der Waals surface area contributed by atoms with Crippen LogP contribution in [0.4, 0.5) is 8.78 Å². The van der Waals surface area contributed by atoms with Crippen LogP contribution in [0.2, 0.25) is 0 Å². The molecule has 1 rings (SSSR count). The van der Waals surface area contributed by atoms with E-state index >= 15 is 0 Å². The highest BCUT2D eigenvalue weighted by Crippen LogP contribution is 2.33. The number of pyridine rings is 1. The number of rotatable bonds is 4. The van der Waals surface area contributed by atoms with Gasteiger partial charge in [0.1, 0.15) is 5.75 Å². The van der Waals surface area contributed by atoms with E-state index in [-0.39, 0.29) is 23.4 Å². The third kappa shape index (κ3) is 2.89. The number of hydrogen-bond donors (Lipinski definition) is 0. The number of esters is 1. The van der Waals surface area contributed by atoms with Crippen molar-refractivity contribution in [2.24, 2.45) is 0 Å². The number of nitrogens with zero attached hydrogens (tertiary/aromatic N) is 1. The summed E-state index contributed by atoms with van der Waals surface area (Å²) in [5, 5.41) is 0. The molecule has 0 radical (unpaired) electrons. The van der Waals surface area contributed by atoms with Crippen molar-refractivity contribution in [3.05, 3.63) is 23.0 Å². The first kappa shape index (κ1) is 13.3. The smallest absolute Gasteiger partial charge is 0.311 e. The summed E-state index contributed by atoms with van der Waals surface area (Å²) in [6, 6.07) is 0. The summed E-state index contributed by atoms with van der Waals surface area (Å²) >= 11 is 0. The average Bonchev–Trinajstić information content (AvgIpc) is 2.30. The summed E-state index contributed by atoms with van der Waals surface area (Å²) in [6.07, 6.45) is -1.66. The van der Waals surface area contributed by atoms with Crippen LogP contribution in [0.25, 0.3) is 0 Å². The Morgan fingerprint density at radius 3 is 2.59 bits per heavy atom. The zero-order valence-electron chi connectivity index (χ0n) is 9.79. The van der Waals surface area contributed by atoms with Gasteiger partial charge >= 0.3 is 5.97 Å². The molecular weight excluding hydrogens is 232 g/mol. The van der Waals surface area contributed by atoms with E-state index in [0.29, 0.717) is 5.56 Å². The van der Waals surface area contributed by atoms with Crippen LogP contribution in [0.15, 0.2) is 6.20 Å². The van der Waals surface area contributed by atoms with E-state index in [0.717, 1.165) is 0 Å². The SMILES string of the molecule is COC(=O)Cc1ncc(C)c(OC)c1C(F)F.